The van der Waals surface area contributed by atoms with Gasteiger partial charge in [0.15, 0.2) is 0 Å². The van der Waals surface area contributed by atoms with E-state index in [1.807, 2.05) is 0 Å². The minimum Gasteiger partial charge on any atom is -0.465 e. The van der Waals surface area contributed by atoms with Crippen molar-refractivity contribution in [3.05, 3.63) is 42.5 Å². The number of hydrogen-bond donors (Lipinski definition) is 2. The second kappa shape index (κ2) is 5.13. The fraction of sp³-hybridized carbons (Fsp3) is 0.0833. The molecule has 0 aliphatic rings. The minimum atomic E-state index is -0.420. The molecule has 3 N–H and O–H groups in total. The van der Waals surface area contributed by atoms with Gasteiger partial charge in [0.1, 0.15) is 6.33 Å². The molecule has 0 aliphatic carbocycles. The molecule has 6 nitrogen and oxygen atoms in total. The van der Waals surface area contributed by atoms with Crippen LogP contribution in [0.1, 0.15) is 10.4 Å². The lowest BCUT2D eigenvalue weighted by atomic mass is 10.1. The van der Waals surface area contributed by atoms with Crippen molar-refractivity contribution >= 4 is 23.0 Å². The predicted octanol–water partition coefficient (Wildman–Crippen LogP) is 1.59. The number of anilines is 3. The number of aromatic nitrogens is 2. The molecule has 0 atom stereocenters. The molecule has 0 saturated carbocycles. The molecule has 0 radical (unpaired) electrons. The van der Waals surface area contributed by atoms with Crippen LogP contribution in [0.15, 0.2) is 36.9 Å². The lowest BCUT2D eigenvalue weighted by molar-refractivity contribution is 0.0601. The number of nitrogens with zero attached hydrogens (tertiary/aromatic N) is 2. The predicted molar refractivity (Wildman–Crippen MR) is 67.5 cm³/mol. The molecule has 2 aromatic rings. The quantitative estimate of drug-likeness (QED) is 0.629. The van der Waals surface area contributed by atoms with Crippen LogP contribution in [0.5, 0.6) is 0 Å². The molecule has 2 rings (SSSR count). The third-order valence-corrected chi connectivity index (χ3v) is 2.31. The summed E-state index contributed by atoms with van der Waals surface area (Å²) in [5, 5.41) is 3.05. The molecule has 0 spiro atoms. The van der Waals surface area contributed by atoms with Crippen LogP contribution < -0.4 is 11.1 Å². The van der Waals surface area contributed by atoms with Gasteiger partial charge in [0.05, 0.1) is 42.1 Å². The van der Waals surface area contributed by atoms with Gasteiger partial charge < -0.3 is 15.8 Å². The van der Waals surface area contributed by atoms with Crippen molar-refractivity contribution in [2.24, 2.45) is 0 Å². The SMILES string of the molecule is COC(=O)c1ccc(Nc2cncnc2)c(N)c1. The van der Waals surface area contributed by atoms with E-state index in [2.05, 4.69) is 20.0 Å². The summed E-state index contributed by atoms with van der Waals surface area (Å²) in [7, 11) is 1.33. The maximum Gasteiger partial charge on any atom is 0.337 e. The van der Waals surface area contributed by atoms with Gasteiger partial charge in [0.25, 0.3) is 0 Å². The van der Waals surface area contributed by atoms with Crippen molar-refractivity contribution in [2.75, 3.05) is 18.2 Å². The zero-order chi connectivity index (χ0) is 13.0. The van der Waals surface area contributed by atoms with E-state index in [-0.39, 0.29) is 0 Å². The maximum atomic E-state index is 11.3. The van der Waals surface area contributed by atoms with Crippen LogP contribution >= 0.6 is 0 Å². The van der Waals surface area contributed by atoms with E-state index in [0.717, 1.165) is 5.69 Å². The second-order valence-electron chi connectivity index (χ2n) is 3.55. The number of carbonyl (C=O) groups excluding carboxylic acids is 1. The standard InChI is InChI=1S/C12H12N4O2/c1-18-12(17)8-2-3-11(10(13)4-8)16-9-5-14-7-15-6-9/h2-7,16H,13H2,1H3. The number of carbonyl (C=O) groups is 1. The molecule has 1 aromatic heterocycles. The number of rotatable bonds is 3. The highest BCUT2D eigenvalue weighted by Crippen LogP contribution is 2.23. The molecule has 0 bridgehead atoms. The first-order valence-corrected chi connectivity index (χ1v) is 5.20. The molecule has 0 aliphatic heterocycles. The lowest BCUT2D eigenvalue weighted by Crippen LogP contribution is -2.04. The van der Waals surface area contributed by atoms with E-state index >= 15 is 0 Å². The third-order valence-electron chi connectivity index (χ3n) is 2.31. The Morgan fingerprint density at radius 2 is 2.06 bits per heavy atom. The first-order valence-electron chi connectivity index (χ1n) is 5.20. The highest BCUT2D eigenvalue weighted by atomic mass is 16.5. The van der Waals surface area contributed by atoms with Crippen molar-refractivity contribution in [2.45, 2.75) is 0 Å². The van der Waals surface area contributed by atoms with E-state index in [1.54, 1.807) is 30.6 Å². The monoisotopic (exact) mass is 244 g/mol. The largest absolute Gasteiger partial charge is 0.465 e. The number of nitrogens with one attached hydrogen (secondary N) is 1. The van der Waals surface area contributed by atoms with E-state index in [9.17, 15) is 4.79 Å². The molecule has 1 aromatic carbocycles. The Bertz CT molecular complexity index is 557. The normalized spacial score (nSPS) is 9.83. The Hall–Kier alpha value is -2.63. The molecule has 0 saturated heterocycles. The van der Waals surface area contributed by atoms with Crippen LogP contribution in [0.25, 0.3) is 0 Å². The average molecular weight is 244 g/mol. The van der Waals surface area contributed by atoms with Gasteiger partial charge in [0, 0.05) is 0 Å². The first-order chi connectivity index (χ1) is 8.70. The Morgan fingerprint density at radius 1 is 1.33 bits per heavy atom. The van der Waals surface area contributed by atoms with E-state index in [1.165, 1.54) is 13.4 Å². The highest BCUT2D eigenvalue weighted by molar-refractivity contribution is 5.92. The number of nitrogen functional groups attached to an aromatic ring is 1. The lowest BCUT2D eigenvalue weighted by Gasteiger charge is -2.09. The smallest absolute Gasteiger partial charge is 0.337 e. The molecule has 18 heavy (non-hydrogen) atoms. The second-order valence-corrected chi connectivity index (χ2v) is 3.55. The molecule has 0 amide bonds. The van der Waals surface area contributed by atoms with Gasteiger partial charge in [-0.3, -0.25) is 0 Å². The number of methoxy groups -OCH3 is 1. The number of esters is 1. The maximum absolute atomic E-state index is 11.3. The summed E-state index contributed by atoms with van der Waals surface area (Å²) < 4.78 is 4.61. The highest BCUT2D eigenvalue weighted by Gasteiger charge is 2.08. The van der Waals surface area contributed by atoms with Crippen molar-refractivity contribution in [3.8, 4) is 0 Å². The Kier molecular flexibility index (Phi) is 3.38. The molecule has 6 heteroatoms. The van der Waals surface area contributed by atoms with Gasteiger partial charge in [0.2, 0.25) is 0 Å². The fourth-order valence-electron chi connectivity index (χ4n) is 1.44. The van der Waals surface area contributed by atoms with Crippen molar-refractivity contribution in [3.63, 3.8) is 0 Å². The van der Waals surface area contributed by atoms with Crippen molar-refractivity contribution in [1.82, 2.24) is 9.97 Å². The first kappa shape index (κ1) is 11.8. The van der Waals surface area contributed by atoms with Gasteiger partial charge in [-0.15, -0.1) is 0 Å². The number of nitrogens with two attached hydrogens (primary N) is 1. The van der Waals surface area contributed by atoms with E-state index < -0.39 is 5.97 Å². The molecule has 0 fully saturated rings. The van der Waals surface area contributed by atoms with Crippen LogP contribution in [0.2, 0.25) is 0 Å². The van der Waals surface area contributed by atoms with Crippen LogP contribution in [0.3, 0.4) is 0 Å². The zero-order valence-electron chi connectivity index (χ0n) is 9.75. The minimum absolute atomic E-state index is 0.407. The zero-order valence-corrected chi connectivity index (χ0v) is 9.75. The summed E-state index contributed by atoms with van der Waals surface area (Å²) >= 11 is 0. The molecule has 92 valence electrons. The van der Waals surface area contributed by atoms with Gasteiger partial charge in [-0.1, -0.05) is 0 Å². The van der Waals surface area contributed by atoms with E-state index in [4.69, 9.17) is 5.73 Å². The summed E-state index contributed by atoms with van der Waals surface area (Å²) in [5.41, 5.74) is 8.10. The summed E-state index contributed by atoms with van der Waals surface area (Å²) in [4.78, 5) is 19.1. The molecule has 0 unspecified atom stereocenters. The van der Waals surface area contributed by atoms with Crippen molar-refractivity contribution in [1.29, 1.82) is 0 Å². The van der Waals surface area contributed by atoms with Gasteiger partial charge >= 0.3 is 5.97 Å². The van der Waals surface area contributed by atoms with Crippen molar-refractivity contribution < 1.29 is 9.53 Å². The average Bonchev–Trinajstić information content (AvgIpc) is 2.41. The number of ether oxygens (including phenoxy) is 1. The summed E-state index contributed by atoms with van der Waals surface area (Å²) in [6.07, 6.45) is 4.69. The Labute approximate surface area is 104 Å². The summed E-state index contributed by atoms with van der Waals surface area (Å²) in [6, 6.07) is 4.89. The topological polar surface area (TPSA) is 90.1 Å². The van der Waals surface area contributed by atoms with E-state index in [0.29, 0.717) is 16.9 Å². The van der Waals surface area contributed by atoms with Gasteiger partial charge in [-0.05, 0) is 18.2 Å². The third kappa shape index (κ3) is 2.54. The molecule has 1 heterocycles. The number of hydrogen-bond acceptors (Lipinski definition) is 6. The van der Waals surface area contributed by atoms with Crippen LogP contribution in [0, 0.1) is 0 Å². The van der Waals surface area contributed by atoms with Gasteiger partial charge in [-0.25, -0.2) is 14.8 Å². The van der Waals surface area contributed by atoms with Crippen LogP contribution in [-0.4, -0.2) is 23.0 Å². The fourth-order valence-corrected chi connectivity index (χ4v) is 1.44. The van der Waals surface area contributed by atoms with Gasteiger partial charge in [-0.2, -0.15) is 0 Å². The number of benzene rings is 1. The summed E-state index contributed by atoms with van der Waals surface area (Å²) in [6.45, 7) is 0. The molecular formula is C12H12N4O2. The molecular weight excluding hydrogens is 232 g/mol. The summed E-state index contributed by atoms with van der Waals surface area (Å²) in [5.74, 6) is -0.420. The Balaban J connectivity index is 2.23. The Morgan fingerprint density at radius 3 is 2.67 bits per heavy atom. The van der Waals surface area contributed by atoms with Crippen LogP contribution in [0.4, 0.5) is 17.1 Å². The van der Waals surface area contributed by atoms with Crippen LogP contribution in [-0.2, 0) is 4.74 Å².